The second kappa shape index (κ2) is 4.81. The average Bonchev–Trinajstić information content (AvgIpc) is 2.31. The number of aryl methyl sites for hydroxylation is 1. The summed E-state index contributed by atoms with van der Waals surface area (Å²) in [6.45, 7) is 1.87. The SMILES string of the molecule is Cc1cnc(C(O)Cc2cccnc2)cn1. The highest BCUT2D eigenvalue weighted by molar-refractivity contribution is 5.13. The first-order chi connectivity index (χ1) is 7.75. The Labute approximate surface area is 94.0 Å². The predicted octanol–water partition coefficient (Wildman–Crippen LogP) is 1.46. The Kier molecular flexibility index (Phi) is 3.22. The number of aromatic nitrogens is 3. The second-order valence-corrected chi connectivity index (χ2v) is 3.66. The summed E-state index contributed by atoms with van der Waals surface area (Å²) < 4.78 is 0. The van der Waals surface area contributed by atoms with E-state index < -0.39 is 6.10 Å². The quantitative estimate of drug-likeness (QED) is 0.842. The van der Waals surface area contributed by atoms with Gasteiger partial charge in [-0.05, 0) is 18.6 Å². The van der Waals surface area contributed by atoms with E-state index in [0.29, 0.717) is 12.1 Å². The molecule has 4 heteroatoms. The molecule has 2 rings (SSSR count). The number of hydrogen-bond acceptors (Lipinski definition) is 4. The Morgan fingerprint density at radius 2 is 2.12 bits per heavy atom. The van der Waals surface area contributed by atoms with Crippen LogP contribution in [0.4, 0.5) is 0 Å². The molecule has 0 aliphatic heterocycles. The monoisotopic (exact) mass is 215 g/mol. The average molecular weight is 215 g/mol. The summed E-state index contributed by atoms with van der Waals surface area (Å²) in [5, 5.41) is 9.93. The normalized spacial score (nSPS) is 12.4. The van der Waals surface area contributed by atoms with Crippen LogP contribution in [-0.2, 0) is 6.42 Å². The van der Waals surface area contributed by atoms with Crippen molar-refractivity contribution < 1.29 is 5.11 Å². The molecule has 2 aromatic heterocycles. The largest absolute Gasteiger partial charge is 0.386 e. The zero-order valence-corrected chi connectivity index (χ0v) is 9.04. The van der Waals surface area contributed by atoms with E-state index in [0.717, 1.165) is 11.3 Å². The Bertz CT molecular complexity index is 442. The Morgan fingerprint density at radius 1 is 1.25 bits per heavy atom. The van der Waals surface area contributed by atoms with Crippen LogP contribution in [0, 0.1) is 6.92 Å². The van der Waals surface area contributed by atoms with Crippen molar-refractivity contribution in [1.82, 2.24) is 15.0 Å². The van der Waals surface area contributed by atoms with Gasteiger partial charge in [0, 0.05) is 25.0 Å². The standard InChI is InChI=1S/C12H13N3O/c1-9-6-15-11(8-14-9)12(16)5-10-3-2-4-13-7-10/h2-4,6-8,12,16H,5H2,1H3. The van der Waals surface area contributed by atoms with Crippen LogP contribution in [0.25, 0.3) is 0 Å². The van der Waals surface area contributed by atoms with Crippen molar-refractivity contribution in [3.8, 4) is 0 Å². The van der Waals surface area contributed by atoms with Crippen molar-refractivity contribution >= 4 is 0 Å². The fourth-order valence-corrected chi connectivity index (χ4v) is 1.42. The van der Waals surface area contributed by atoms with Gasteiger partial charge in [0.05, 0.1) is 17.6 Å². The van der Waals surface area contributed by atoms with Gasteiger partial charge < -0.3 is 5.11 Å². The van der Waals surface area contributed by atoms with Crippen LogP contribution in [0.5, 0.6) is 0 Å². The third-order valence-electron chi connectivity index (χ3n) is 2.29. The van der Waals surface area contributed by atoms with E-state index in [-0.39, 0.29) is 0 Å². The summed E-state index contributed by atoms with van der Waals surface area (Å²) in [6.07, 6.45) is 6.59. The number of aliphatic hydroxyl groups is 1. The first-order valence-electron chi connectivity index (χ1n) is 5.11. The lowest BCUT2D eigenvalue weighted by Gasteiger charge is -2.09. The zero-order chi connectivity index (χ0) is 11.4. The number of aliphatic hydroxyl groups excluding tert-OH is 1. The first kappa shape index (κ1) is 10.7. The van der Waals surface area contributed by atoms with Crippen LogP contribution in [-0.4, -0.2) is 20.1 Å². The van der Waals surface area contributed by atoms with Gasteiger partial charge in [-0.3, -0.25) is 15.0 Å². The van der Waals surface area contributed by atoms with Crippen molar-refractivity contribution in [2.24, 2.45) is 0 Å². The van der Waals surface area contributed by atoms with Crippen molar-refractivity contribution in [3.05, 3.63) is 53.9 Å². The highest BCUT2D eigenvalue weighted by Gasteiger charge is 2.10. The molecule has 1 unspecified atom stereocenters. The maximum absolute atomic E-state index is 9.93. The van der Waals surface area contributed by atoms with Gasteiger partial charge in [-0.1, -0.05) is 6.07 Å². The number of nitrogens with zero attached hydrogens (tertiary/aromatic N) is 3. The third kappa shape index (κ3) is 2.61. The van der Waals surface area contributed by atoms with Gasteiger partial charge in [-0.25, -0.2) is 0 Å². The van der Waals surface area contributed by atoms with Gasteiger partial charge in [-0.15, -0.1) is 0 Å². The van der Waals surface area contributed by atoms with Gasteiger partial charge in [0.2, 0.25) is 0 Å². The van der Waals surface area contributed by atoms with Crippen molar-refractivity contribution in [2.75, 3.05) is 0 Å². The number of pyridine rings is 1. The predicted molar refractivity (Wildman–Crippen MR) is 59.7 cm³/mol. The van der Waals surface area contributed by atoms with E-state index in [1.54, 1.807) is 24.8 Å². The van der Waals surface area contributed by atoms with Crippen molar-refractivity contribution in [1.29, 1.82) is 0 Å². The summed E-state index contributed by atoms with van der Waals surface area (Å²) >= 11 is 0. The fraction of sp³-hybridized carbons (Fsp3) is 0.250. The van der Waals surface area contributed by atoms with E-state index >= 15 is 0 Å². The molecule has 0 fully saturated rings. The Hall–Kier alpha value is -1.81. The lowest BCUT2D eigenvalue weighted by molar-refractivity contribution is 0.173. The van der Waals surface area contributed by atoms with Crippen LogP contribution >= 0.6 is 0 Å². The Balaban J connectivity index is 2.09. The van der Waals surface area contributed by atoms with E-state index in [2.05, 4.69) is 15.0 Å². The second-order valence-electron chi connectivity index (χ2n) is 3.66. The molecule has 0 saturated heterocycles. The molecule has 16 heavy (non-hydrogen) atoms. The molecule has 4 nitrogen and oxygen atoms in total. The molecule has 0 amide bonds. The summed E-state index contributed by atoms with van der Waals surface area (Å²) in [5.41, 5.74) is 2.42. The summed E-state index contributed by atoms with van der Waals surface area (Å²) in [6, 6.07) is 3.78. The van der Waals surface area contributed by atoms with Crippen LogP contribution < -0.4 is 0 Å². The minimum Gasteiger partial charge on any atom is -0.386 e. The lowest BCUT2D eigenvalue weighted by Crippen LogP contribution is -2.05. The summed E-state index contributed by atoms with van der Waals surface area (Å²) in [5.74, 6) is 0. The van der Waals surface area contributed by atoms with E-state index in [1.807, 2.05) is 19.1 Å². The molecule has 0 aliphatic carbocycles. The van der Waals surface area contributed by atoms with Crippen LogP contribution in [0.3, 0.4) is 0 Å². The molecule has 0 spiro atoms. The fourth-order valence-electron chi connectivity index (χ4n) is 1.42. The van der Waals surface area contributed by atoms with Gasteiger partial charge in [0.15, 0.2) is 0 Å². The lowest BCUT2D eigenvalue weighted by atomic mass is 10.1. The van der Waals surface area contributed by atoms with E-state index in [1.165, 1.54) is 0 Å². The number of rotatable bonds is 3. The van der Waals surface area contributed by atoms with Crippen LogP contribution in [0.1, 0.15) is 23.1 Å². The molecule has 0 bridgehead atoms. The smallest absolute Gasteiger partial charge is 0.102 e. The topological polar surface area (TPSA) is 58.9 Å². The molecule has 0 radical (unpaired) electrons. The molecule has 0 aliphatic rings. The van der Waals surface area contributed by atoms with Crippen molar-refractivity contribution in [2.45, 2.75) is 19.4 Å². The highest BCUT2D eigenvalue weighted by Crippen LogP contribution is 2.14. The van der Waals surface area contributed by atoms with Crippen molar-refractivity contribution in [3.63, 3.8) is 0 Å². The highest BCUT2D eigenvalue weighted by atomic mass is 16.3. The Morgan fingerprint density at radius 3 is 2.75 bits per heavy atom. The third-order valence-corrected chi connectivity index (χ3v) is 2.29. The summed E-state index contributed by atoms with van der Waals surface area (Å²) in [4.78, 5) is 12.2. The van der Waals surface area contributed by atoms with E-state index in [9.17, 15) is 5.11 Å². The summed E-state index contributed by atoms with van der Waals surface area (Å²) in [7, 11) is 0. The molecule has 2 aromatic rings. The number of hydrogen-bond donors (Lipinski definition) is 1. The molecule has 1 atom stereocenters. The molecular formula is C12H13N3O. The maximum Gasteiger partial charge on any atom is 0.102 e. The molecule has 0 aromatic carbocycles. The zero-order valence-electron chi connectivity index (χ0n) is 9.04. The molecule has 82 valence electrons. The van der Waals surface area contributed by atoms with Gasteiger partial charge >= 0.3 is 0 Å². The maximum atomic E-state index is 9.93. The first-order valence-corrected chi connectivity index (χ1v) is 5.11. The van der Waals surface area contributed by atoms with Crippen LogP contribution in [0.15, 0.2) is 36.9 Å². The van der Waals surface area contributed by atoms with Crippen LogP contribution in [0.2, 0.25) is 0 Å². The van der Waals surface area contributed by atoms with Gasteiger partial charge in [-0.2, -0.15) is 0 Å². The van der Waals surface area contributed by atoms with Gasteiger partial charge in [0.25, 0.3) is 0 Å². The van der Waals surface area contributed by atoms with E-state index in [4.69, 9.17) is 0 Å². The molecule has 1 N–H and O–H groups in total. The van der Waals surface area contributed by atoms with Gasteiger partial charge in [0.1, 0.15) is 6.10 Å². The molecular weight excluding hydrogens is 202 g/mol. The molecule has 2 heterocycles. The molecule has 0 saturated carbocycles. The minimum absolute atomic E-state index is 0.506. The minimum atomic E-state index is -0.628.